The lowest BCUT2D eigenvalue weighted by molar-refractivity contribution is 0.667. The van der Waals surface area contributed by atoms with Gasteiger partial charge in [-0.05, 0) is 37.1 Å². The Morgan fingerprint density at radius 3 is 2.65 bits per heavy atom. The van der Waals surface area contributed by atoms with Crippen LogP contribution in [-0.2, 0) is 0 Å². The van der Waals surface area contributed by atoms with Crippen LogP contribution in [-0.4, -0.2) is 20.1 Å². The predicted octanol–water partition coefficient (Wildman–Crippen LogP) is 4.03. The van der Waals surface area contributed by atoms with E-state index in [1.807, 2.05) is 0 Å². The Hall–Kier alpha value is -1.96. The molecule has 2 heteroatoms. The summed E-state index contributed by atoms with van der Waals surface area (Å²) in [7, 11) is 2.18. The fraction of sp³-hybridized carbons (Fsp3) is 0.333. The topological polar surface area (TPSA) is 15.3 Å². The Kier molecular flexibility index (Phi) is 3.64. The fourth-order valence-corrected chi connectivity index (χ4v) is 2.89. The lowest BCUT2D eigenvalue weighted by Crippen LogP contribution is -2.21. The van der Waals surface area contributed by atoms with Crippen LogP contribution in [0.5, 0.6) is 0 Å². The molecule has 2 nitrogen and oxygen atoms in total. The number of fused-ring (bicyclic) bond motifs is 1. The van der Waals surface area contributed by atoms with Crippen LogP contribution in [0.3, 0.4) is 0 Å². The first-order chi connectivity index (χ1) is 9.74. The van der Waals surface area contributed by atoms with Crippen molar-refractivity contribution in [1.29, 1.82) is 0 Å². The molecule has 1 aliphatic rings. The van der Waals surface area contributed by atoms with Gasteiger partial charge < -0.3 is 10.2 Å². The monoisotopic (exact) mass is 266 g/mol. The first-order valence-electron chi connectivity index (χ1n) is 7.34. The molecule has 0 fully saturated rings. The largest absolute Gasteiger partial charge is 0.384 e. The van der Waals surface area contributed by atoms with Gasteiger partial charge in [-0.3, -0.25) is 0 Å². The zero-order valence-electron chi connectivity index (χ0n) is 12.3. The molecule has 20 heavy (non-hydrogen) atoms. The lowest BCUT2D eigenvalue weighted by Gasteiger charge is -2.21. The number of nitrogens with zero attached hydrogens (tertiary/aromatic N) is 1. The van der Waals surface area contributed by atoms with Crippen LogP contribution in [0.2, 0.25) is 0 Å². The van der Waals surface area contributed by atoms with Crippen molar-refractivity contribution in [3.63, 3.8) is 0 Å². The molecule has 0 bridgehead atoms. The molecule has 1 heterocycles. The first kappa shape index (κ1) is 13.0. The van der Waals surface area contributed by atoms with Gasteiger partial charge in [-0.15, -0.1) is 0 Å². The number of hydrogen-bond donors (Lipinski definition) is 1. The van der Waals surface area contributed by atoms with Crippen molar-refractivity contribution in [3.05, 3.63) is 59.7 Å². The second-order valence-corrected chi connectivity index (χ2v) is 5.71. The molecule has 104 valence electrons. The Morgan fingerprint density at radius 2 is 1.85 bits per heavy atom. The van der Waals surface area contributed by atoms with Crippen molar-refractivity contribution in [2.75, 3.05) is 30.4 Å². The van der Waals surface area contributed by atoms with Gasteiger partial charge in [0.2, 0.25) is 0 Å². The van der Waals surface area contributed by atoms with Crippen LogP contribution in [0.4, 0.5) is 11.4 Å². The minimum absolute atomic E-state index is 0.638. The van der Waals surface area contributed by atoms with Crippen LogP contribution in [0, 0.1) is 6.92 Å². The van der Waals surface area contributed by atoms with E-state index in [9.17, 15) is 0 Å². The van der Waals surface area contributed by atoms with E-state index in [1.54, 1.807) is 0 Å². The Bertz CT molecular complexity index is 574. The van der Waals surface area contributed by atoms with Crippen molar-refractivity contribution < 1.29 is 0 Å². The molecule has 1 N–H and O–H groups in total. The van der Waals surface area contributed by atoms with E-state index in [-0.39, 0.29) is 0 Å². The zero-order valence-corrected chi connectivity index (χ0v) is 12.3. The van der Waals surface area contributed by atoms with Crippen molar-refractivity contribution >= 4 is 11.4 Å². The Morgan fingerprint density at radius 1 is 1.10 bits per heavy atom. The Labute approximate surface area is 121 Å². The van der Waals surface area contributed by atoms with Crippen molar-refractivity contribution in [2.45, 2.75) is 19.3 Å². The average molecular weight is 266 g/mol. The predicted molar refractivity (Wildman–Crippen MR) is 86.7 cm³/mol. The minimum Gasteiger partial charge on any atom is -0.384 e. The second kappa shape index (κ2) is 5.58. The third-order valence-electron chi connectivity index (χ3n) is 4.23. The van der Waals surface area contributed by atoms with Gasteiger partial charge in [-0.2, -0.15) is 0 Å². The SMILES string of the molecule is Cc1ccc(N(C)CCC2CNc3ccccc32)cc1. The van der Waals surface area contributed by atoms with Gasteiger partial charge in [0.05, 0.1) is 0 Å². The molecule has 0 aromatic heterocycles. The van der Waals surface area contributed by atoms with Gasteiger partial charge in [0.25, 0.3) is 0 Å². The van der Waals surface area contributed by atoms with Crippen molar-refractivity contribution in [3.8, 4) is 0 Å². The molecule has 0 spiro atoms. The van der Waals surface area contributed by atoms with Crippen LogP contribution < -0.4 is 10.2 Å². The highest BCUT2D eigenvalue weighted by molar-refractivity contribution is 5.57. The number of nitrogens with one attached hydrogen (secondary N) is 1. The molecule has 0 radical (unpaired) electrons. The highest BCUT2D eigenvalue weighted by Crippen LogP contribution is 2.33. The number of benzene rings is 2. The molecule has 0 amide bonds. The summed E-state index contributed by atoms with van der Waals surface area (Å²) in [6.07, 6.45) is 1.19. The molecule has 0 aliphatic carbocycles. The number of anilines is 2. The zero-order chi connectivity index (χ0) is 13.9. The van der Waals surface area contributed by atoms with Crippen LogP contribution >= 0.6 is 0 Å². The van der Waals surface area contributed by atoms with E-state index in [2.05, 4.69) is 72.7 Å². The smallest absolute Gasteiger partial charge is 0.0376 e. The first-order valence-corrected chi connectivity index (χ1v) is 7.34. The van der Waals surface area contributed by atoms with Crippen LogP contribution in [0.25, 0.3) is 0 Å². The number of para-hydroxylation sites is 1. The standard InChI is InChI=1S/C18H22N2/c1-14-7-9-16(10-8-14)20(2)12-11-15-13-19-18-6-4-3-5-17(15)18/h3-10,15,19H,11-13H2,1-2H3. The Balaban J connectivity index is 1.62. The molecule has 2 aromatic rings. The van der Waals surface area contributed by atoms with Gasteiger partial charge in [-0.25, -0.2) is 0 Å². The summed E-state index contributed by atoms with van der Waals surface area (Å²) in [5, 5.41) is 3.50. The molecular weight excluding hydrogens is 244 g/mol. The highest BCUT2D eigenvalue weighted by Gasteiger charge is 2.21. The third-order valence-corrected chi connectivity index (χ3v) is 4.23. The summed E-state index contributed by atoms with van der Waals surface area (Å²) in [6, 6.07) is 17.4. The summed E-state index contributed by atoms with van der Waals surface area (Å²) in [6.45, 7) is 4.29. The maximum atomic E-state index is 3.50. The normalized spacial score (nSPS) is 16.6. The van der Waals surface area contributed by atoms with Gasteiger partial charge in [0.15, 0.2) is 0 Å². The molecule has 3 rings (SSSR count). The number of rotatable bonds is 4. The number of aryl methyl sites for hydroxylation is 1. The van der Waals surface area contributed by atoms with E-state index >= 15 is 0 Å². The van der Waals surface area contributed by atoms with Gasteiger partial charge in [0, 0.05) is 37.4 Å². The van der Waals surface area contributed by atoms with E-state index in [0.717, 1.165) is 13.1 Å². The van der Waals surface area contributed by atoms with Gasteiger partial charge in [0.1, 0.15) is 0 Å². The molecule has 2 aromatic carbocycles. The molecule has 1 unspecified atom stereocenters. The summed E-state index contributed by atoms with van der Waals surface area (Å²) in [4.78, 5) is 2.35. The van der Waals surface area contributed by atoms with E-state index in [1.165, 1.54) is 28.9 Å². The van der Waals surface area contributed by atoms with E-state index in [4.69, 9.17) is 0 Å². The summed E-state index contributed by atoms with van der Waals surface area (Å²) >= 11 is 0. The lowest BCUT2D eigenvalue weighted by atomic mass is 9.98. The van der Waals surface area contributed by atoms with E-state index < -0.39 is 0 Å². The van der Waals surface area contributed by atoms with Crippen LogP contribution in [0.1, 0.15) is 23.5 Å². The maximum Gasteiger partial charge on any atom is 0.0376 e. The van der Waals surface area contributed by atoms with Crippen molar-refractivity contribution in [2.24, 2.45) is 0 Å². The van der Waals surface area contributed by atoms with Crippen molar-refractivity contribution in [1.82, 2.24) is 0 Å². The van der Waals surface area contributed by atoms with E-state index in [0.29, 0.717) is 5.92 Å². The molecule has 1 atom stereocenters. The minimum atomic E-state index is 0.638. The average Bonchev–Trinajstić information content (AvgIpc) is 2.89. The molecule has 0 saturated heterocycles. The molecular formula is C18H22N2. The summed E-state index contributed by atoms with van der Waals surface area (Å²) in [5.74, 6) is 0.638. The highest BCUT2D eigenvalue weighted by atomic mass is 15.1. The molecule has 1 aliphatic heterocycles. The number of hydrogen-bond acceptors (Lipinski definition) is 2. The summed E-state index contributed by atoms with van der Waals surface area (Å²) < 4.78 is 0. The van der Waals surface area contributed by atoms with Gasteiger partial charge in [-0.1, -0.05) is 35.9 Å². The maximum absolute atomic E-state index is 3.50. The van der Waals surface area contributed by atoms with Crippen LogP contribution in [0.15, 0.2) is 48.5 Å². The summed E-state index contributed by atoms with van der Waals surface area (Å²) in [5.41, 5.74) is 5.41. The molecule has 0 saturated carbocycles. The third kappa shape index (κ3) is 2.64. The fourth-order valence-electron chi connectivity index (χ4n) is 2.89. The quantitative estimate of drug-likeness (QED) is 0.898. The van der Waals surface area contributed by atoms with Gasteiger partial charge >= 0.3 is 0 Å². The second-order valence-electron chi connectivity index (χ2n) is 5.71.